The van der Waals surface area contributed by atoms with E-state index < -0.39 is 11.7 Å². The molecular weight excluding hydrogens is 281 g/mol. The van der Waals surface area contributed by atoms with Crippen LogP contribution in [0.2, 0.25) is 0 Å². The monoisotopic (exact) mass is 304 g/mol. The summed E-state index contributed by atoms with van der Waals surface area (Å²) in [5.74, 6) is 0. The summed E-state index contributed by atoms with van der Waals surface area (Å²) in [5, 5.41) is 12.1. The lowest BCUT2D eigenvalue weighted by Crippen LogP contribution is -2.29. The first-order valence-corrected chi connectivity index (χ1v) is 7.08. The van der Waals surface area contributed by atoms with Crippen molar-refractivity contribution in [2.45, 2.75) is 39.5 Å². The van der Waals surface area contributed by atoms with Gasteiger partial charge in [0.25, 0.3) is 0 Å². The molecular formula is C15H23F3N2O. The Morgan fingerprint density at radius 1 is 1.29 bits per heavy atom. The van der Waals surface area contributed by atoms with Crippen LogP contribution in [0, 0.1) is 0 Å². The molecule has 0 saturated carbocycles. The van der Waals surface area contributed by atoms with Crippen molar-refractivity contribution in [2.75, 3.05) is 24.6 Å². The smallest absolute Gasteiger partial charge is 0.395 e. The average Bonchev–Trinajstić information content (AvgIpc) is 2.41. The van der Waals surface area contributed by atoms with Gasteiger partial charge < -0.3 is 15.3 Å². The van der Waals surface area contributed by atoms with Gasteiger partial charge in [-0.3, -0.25) is 0 Å². The van der Waals surface area contributed by atoms with Crippen molar-refractivity contribution in [2.24, 2.45) is 0 Å². The van der Waals surface area contributed by atoms with Gasteiger partial charge >= 0.3 is 6.18 Å². The van der Waals surface area contributed by atoms with E-state index in [1.54, 1.807) is 13.0 Å². The van der Waals surface area contributed by atoms with E-state index in [1.165, 1.54) is 17.0 Å². The van der Waals surface area contributed by atoms with Gasteiger partial charge in [0.1, 0.15) is 0 Å². The lowest BCUT2D eigenvalue weighted by Gasteiger charge is -2.26. The minimum atomic E-state index is -4.41. The van der Waals surface area contributed by atoms with Gasteiger partial charge in [0.05, 0.1) is 12.2 Å². The number of hydrogen-bond acceptors (Lipinski definition) is 3. The Labute approximate surface area is 123 Å². The van der Waals surface area contributed by atoms with Crippen LogP contribution in [0.5, 0.6) is 0 Å². The molecule has 0 bridgehead atoms. The van der Waals surface area contributed by atoms with Crippen LogP contribution in [0.15, 0.2) is 18.2 Å². The van der Waals surface area contributed by atoms with E-state index >= 15 is 0 Å². The molecule has 0 aromatic heterocycles. The molecule has 0 aliphatic rings. The number of rotatable bonds is 7. The fourth-order valence-corrected chi connectivity index (χ4v) is 2.09. The Morgan fingerprint density at radius 2 is 1.95 bits per heavy atom. The predicted molar refractivity (Wildman–Crippen MR) is 78.4 cm³/mol. The number of likely N-dealkylation sites (N-methyl/N-ethyl adjacent to an activating group) is 1. The first-order valence-electron chi connectivity index (χ1n) is 7.08. The third kappa shape index (κ3) is 5.21. The summed E-state index contributed by atoms with van der Waals surface area (Å²) in [4.78, 5) is 1.53. The Bertz CT molecular complexity index is 447. The standard InChI is InChI=1S/C15H23F3N2O/c1-4-20(7-8-21)14-6-5-12(10-19-11(2)3)9-13(14)15(16,17)18/h5-6,9,11,19,21H,4,7-8,10H2,1-3H3. The van der Waals surface area contributed by atoms with E-state index in [1.807, 2.05) is 13.8 Å². The van der Waals surface area contributed by atoms with Gasteiger partial charge in [0.15, 0.2) is 0 Å². The van der Waals surface area contributed by atoms with Crippen LogP contribution in [-0.2, 0) is 12.7 Å². The molecule has 0 saturated heterocycles. The molecule has 0 heterocycles. The molecule has 1 aromatic rings. The lowest BCUT2D eigenvalue weighted by atomic mass is 10.1. The number of nitrogens with zero attached hydrogens (tertiary/aromatic N) is 1. The normalized spacial score (nSPS) is 12.0. The number of aliphatic hydroxyl groups is 1. The molecule has 1 rings (SSSR count). The van der Waals surface area contributed by atoms with Crippen molar-refractivity contribution in [3.63, 3.8) is 0 Å². The van der Waals surface area contributed by atoms with E-state index in [9.17, 15) is 13.2 Å². The molecule has 1 aromatic carbocycles. The summed E-state index contributed by atoms with van der Waals surface area (Å²) in [6.45, 7) is 6.47. The van der Waals surface area contributed by atoms with Crippen molar-refractivity contribution >= 4 is 5.69 Å². The summed E-state index contributed by atoms with van der Waals surface area (Å²) in [6.07, 6.45) is -4.41. The van der Waals surface area contributed by atoms with Crippen LogP contribution < -0.4 is 10.2 Å². The molecule has 3 nitrogen and oxygen atoms in total. The fraction of sp³-hybridized carbons (Fsp3) is 0.600. The molecule has 0 atom stereocenters. The Morgan fingerprint density at radius 3 is 2.43 bits per heavy atom. The number of nitrogens with one attached hydrogen (secondary N) is 1. The lowest BCUT2D eigenvalue weighted by molar-refractivity contribution is -0.137. The average molecular weight is 304 g/mol. The van der Waals surface area contributed by atoms with Crippen molar-refractivity contribution in [3.05, 3.63) is 29.3 Å². The number of benzene rings is 1. The summed E-state index contributed by atoms with van der Waals surface area (Å²) >= 11 is 0. The largest absolute Gasteiger partial charge is 0.418 e. The molecule has 0 aliphatic heterocycles. The molecule has 2 N–H and O–H groups in total. The SMILES string of the molecule is CCN(CCO)c1ccc(CNC(C)C)cc1C(F)(F)F. The number of aliphatic hydroxyl groups excluding tert-OH is 1. The molecule has 0 radical (unpaired) electrons. The minimum Gasteiger partial charge on any atom is -0.395 e. The highest BCUT2D eigenvalue weighted by Gasteiger charge is 2.34. The Kier molecular flexibility index (Phi) is 6.48. The van der Waals surface area contributed by atoms with Crippen LogP contribution >= 0.6 is 0 Å². The van der Waals surface area contributed by atoms with Crippen LogP contribution in [0.1, 0.15) is 31.9 Å². The van der Waals surface area contributed by atoms with Gasteiger partial charge in [-0.25, -0.2) is 0 Å². The van der Waals surface area contributed by atoms with E-state index in [0.717, 1.165) is 0 Å². The second kappa shape index (κ2) is 7.66. The third-order valence-electron chi connectivity index (χ3n) is 3.17. The van der Waals surface area contributed by atoms with Crippen LogP contribution in [0.4, 0.5) is 18.9 Å². The Hall–Kier alpha value is -1.27. The summed E-state index contributed by atoms with van der Waals surface area (Å²) in [5.41, 5.74) is 0.0630. The minimum absolute atomic E-state index is 0.118. The third-order valence-corrected chi connectivity index (χ3v) is 3.17. The van der Waals surface area contributed by atoms with Gasteiger partial charge in [-0.15, -0.1) is 0 Å². The van der Waals surface area contributed by atoms with E-state index in [4.69, 9.17) is 5.11 Å². The number of anilines is 1. The Balaban J connectivity index is 3.13. The topological polar surface area (TPSA) is 35.5 Å². The van der Waals surface area contributed by atoms with Gasteiger partial charge in [0.2, 0.25) is 0 Å². The molecule has 21 heavy (non-hydrogen) atoms. The van der Waals surface area contributed by atoms with E-state index in [0.29, 0.717) is 18.7 Å². The summed E-state index contributed by atoms with van der Waals surface area (Å²) in [6, 6.07) is 4.57. The summed E-state index contributed by atoms with van der Waals surface area (Å²) in [7, 11) is 0. The molecule has 0 aliphatic carbocycles. The highest BCUT2D eigenvalue weighted by atomic mass is 19.4. The number of halogens is 3. The first-order chi connectivity index (χ1) is 9.79. The molecule has 0 spiro atoms. The highest BCUT2D eigenvalue weighted by Crippen LogP contribution is 2.37. The van der Waals surface area contributed by atoms with Crippen molar-refractivity contribution in [1.82, 2.24) is 5.32 Å². The van der Waals surface area contributed by atoms with Gasteiger partial charge in [-0.05, 0) is 24.6 Å². The van der Waals surface area contributed by atoms with Crippen molar-refractivity contribution in [1.29, 1.82) is 0 Å². The van der Waals surface area contributed by atoms with Gasteiger partial charge in [-0.1, -0.05) is 19.9 Å². The molecule has 6 heteroatoms. The number of hydrogen-bond donors (Lipinski definition) is 2. The van der Waals surface area contributed by atoms with Crippen molar-refractivity contribution in [3.8, 4) is 0 Å². The van der Waals surface area contributed by atoms with Crippen molar-refractivity contribution < 1.29 is 18.3 Å². The summed E-state index contributed by atoms with van der Waals surface area (Å²) < 4.78 is 39.8. The first kappa shape index (κ1) is 17.8. The molecule has 120 valence electrons. The maximum atomic E-state index is 13.3. The van der Waals surface area contributed by atoms with Crippen LogP contribution in [0.25, 0.3) is 0 Å². The van der Waals surface area contributed by atoms with E-state index in [-0.39, 0.29) is 24.9 Å². The van der Waals surface area contributed by atoms with Crippen LogP contribution in [-0.4, -0.2) is 30.8 Å². The quantitative estimate of drug-likeness (QED) is 0.813. The zero-order valence-corrected chi connectivity index (χ0v) is 12.7. The number of alkyl halides is 3. The maximum absolute atomic E-state index is 13.3. The highest BCUT2D eigenvalue weighted by molar-refractivity contribution is 5.56. The zero-order chi connectivity index (χ0) is 16.0. The predicted octanol–water partition coefficient (Wildman–Crippen LogP) is 3.02. The molecule has 0 fully saturated rings. The second-order valence-electron chi connectivity index (χ2n) is 5.19. The maximum Gasteiger partial charge on any atom is 0.418 e. The fourth-order valence-electron chi connectivity index (χ4n) is 2.09. The van der Waals surface area contributed by atoms with Gasteiger partial charge in [-0.2, -0.15) is 13.2 Å². The van der Waals surface area contributed by atoms with Gasteiger partial charge in [0, 0.05) is 31.4 Å². The molecule has 0 unspecified atom stereocenters. The van der Waals surface area contributed by atoms with E-state index in [2.05, 4.69) is 5.32 Å². The molecule has 0 amide bonds. The zero-order valence-electron chi connectivity index (χ0n) is 12.7. The second-order valence-corrected chi connectivity index (χ2v) is 5.19. The van der Waals surface area contributed by atoms with Crippen LogP contribution in [0.3, 0.4) is 0 Å².